The molecule has 0 aliphatic heterocycles. The van der Waals surface area contributed by atoms with Gasteiger partial charge in [0.15, 0.2) is 10.8 Å². The van der Waals surface area contributed by atoms with E-state index in [0.717, 1.165) is 5.56 Å². The molecule has 0 bridgehead atoms. The number of aryl methyl sites for hydroxylation is 1. The highest BCUT2D eigenvalue weighted by Gasteiger charge is 2.18. The van der Waals surface area contributed by atoms with Crippen molar-refractivity contribution in [2.45, 2.75) is 18.5 Å². The first kappa shape index (κ1) is 20.7. The Morgan fingerprint density at radius 3 is 2.75 bits per heavy atom. The van der Waals surface area contributed by atoms with Crippen molar-refractivity contribution >= 4 is 63.8 Å². The molecular formula is C18H14Cl3N5OS. The summed E-state index contributed by atoms with van der Waals surface area (Å²) in [5.74, 6) is -0.0512. The monoisotopic (exact) mass is 453 g/mol. The van der Waals surface area contributed by atoms with Gasteiger partial charge < -0.3 is 4.90 Å². The van der Waals surface area contributed by atoms with Crippen molar-refractivity contribution in [1.82, 2.24) is 14.6 Å². The van der Waals surface area contributed by atoms with E-state index in [4.69, 9.17) is 40.1 Å². The van der Waals surface area contributed by atoms with Gasteiger partial charge in [0.1, 0.15) is 0 Å². The Morgan fingerprint density at radius 2 is 2.04 bits per heavy atom. The maximum atomic E-state index is 12.9. The predicted molar refractivity (Wildman–Crippen MR) is 113 cm³/mol. The first-order chi connectivity index (χ1) is 13.4. The van der Waals surface area contributed by atoms with E-state index in [-0.39, 0.29) is 24.6 Å². The summed E-state index contributed by atoms with van der Waals surface area (Å²) in [6.45, 7) is 2.15. The van der Waals surface area contributed by atoms with Crippen LogP contribution in [-0.4, -0.2) is 32.8 Å². The number of hydrogen-bond acceptors (Lipinski definition) is 5. The molecule has 0 saturated heterocycles. The van der Waals surface area contributed by atoms with Gasteiger partial charge in [-0.2, -0.15) is 5.26 Å². The van der Waals surface area contributed by atoms with Crippen LogP contribution in [0, 0.1) is 18.3 Å². The minimum atomic E-state index is -0.160. The summed E-state index contributed by atoms with van der Waals surface area (Å²) >= 11 is 19.5. The summed E-state index contributed by atoms with van der Waals surface area (Å²) in [4.78, 5) is 14.4. The Labute approximate surface area is 181 Å². The molecule has 0 saturated carbocycles. The number of amides is 1. The van der Waals surface area contributed by atoms with E-state index in [9.17, 15) is 4.79 Å². The smallest absolute Gasteiger partial charge is 0.237 e. The van der Waals surface area contributed by atoms with Crippen LogP contribution in [0.3, 0.4) is 0 Å². The third-order valence-corrected chi connectivity index (χ3v) is 5.76. The number of aromatic nitrogens is 3. The molecule has 3 rings (SSSR count). The second-order valence-corrected chi connectivity index (χ2v) is 8.05. The molecule has 6 nitrogen and oxygen atoms in total. The van der Waals surface area contributed by atoms with Gasteiger partial charge >= 0.3 is 0 Å². The average Bonchev–Trinajstić information content (AvgIpc) is 3.06. The fourth-order valence-electron chi connectivity index (χ4n) is 2.56. The number of hydrogen-bond donors (Lipinski definition) is 0. The first-order valence-electron chi connectivity index (χ1n) is 8.16. The molecule has 144 valence electrons. The van der Waals surface area contributed by atoms with Gasteiger partial charge in [0.2, 0.25) is 5.91 Å². The molecule has 2 aromatic heterocycles. The Kier molecular flexibility index (Phi) is 6.68. The van der Waals surface area contributed by atoms with Crippen molar-refractivity contribution in [3.8, 4) is 6.07 Å². The number of halogens is 3. The summed E-state index contributed by atoms with van der Waals surface area (Å²) < 4.78 is 1.65. The summed E-state index contributed by atoms with van der Waals surface area (Å²) in [5.41, 5.74) is 2.02. The highest BCUT2D eigenvalue weighted by Crippen LogP contribution is 2.27. The number of nitriles is 1. The van der Waals surface area contributed by atoms with Crippen molar-refractivity contribution in [2.24, 2.45) is 0 Å². The summed E-state index contributed by atoms with van der Waals surface area (Å²) in [6, 6.07) is 8.99. The maximum absolute atomic E-state index is 12.9. The highest BCUT2D eigenvalue weighted by atomic mass is 35.5. The Morgan fingerprint density at radius 1 is 1.25 bits per heavy atom. The van der Waals surface area contributed by atoms with Gasteiger partial charge in [-0.25, -0.2) is 0 Å². The van der Waals surface area contributed by atoms with Gasteiger partial charge in [-0.05, 0) is 36.8 Å². The van der Waals surface area contributed by atoms with Crippen LogP contribution in [0.4, 0.5) is 5.69 Å². The Balaban J connectivity index is 1.80. The lowest BCUT2D eigenvalue weighted by molar-refractivity contribution is -0.116. The molecule has 3 aromatic rings. The average molecular weight is 455 g/mol. The topological polar surface area (TPSA) is 74.3 Å². The normalized spacial score (nSPS) is 10.8. The van der Waals surface area contributed by atoms with E-state index in [0.29, 0.717) is 31.6 Å². The predicted octanol–water partition coefficient (Wildman–Crippen LogP) is 5.04. The molecule has 0 aliphatic carbocycles. The third-order valence-electron chi connectivity index (χ3n) is 3.92. The van der Waals surface area contributed by atoms with Crippen LogP contribution in [-0.2, 0) is 4.79 Å². The molecular weight excluding hydrogens is 441 g/mol. The fraction of sp³-hybridized carbons (Fsp3) is 0.222. The molecule has 1 amide bonds. The van der Waals surface area contributed by atoms with Gasteiger partial charge in [0, 0.05) is 23.5 Å². The maximum Gasteiger partial charge on any atom is 0.237 e. The molecule has 0 aliphatic rings. The number of carbonyl (C=O) groups is 1. The molecule has 0 N–H and O–H groups in total. The van der Waals surface area contributed by atoms with Gasteiger partial charge in [0.25, 0.3) is 0 Å². The van der Waals surface area contributed by atoms with Crippen LogP contribution in [0.5, 0.6) is 0 Å². The number of fused-ring (bicyclic) bond motifs is 1. The van der Waals surface area contributed by atoms with Crippen molar-refractivity contribution in [3.63, 3.8) is 0 Å². The minimum Gasteiger partial charge on any atom is -0.311 e. The largest absolute Gasteiger partial charge is 0.311 e. The van der Waals surface area contributed by atoms with E-state index >= 15 is 0 Å². The minimum absolute atomic E-state index is 0.109. The van der Waals surface area contributed by atoms with Crippen LogP contribution < -0.4 is 4.90 Å². The van der Waals surface area contributed by atoms with Gasteiger partial charge in [-0.1, -0.05) is 46.6 Å². The van der Waals surface area contributed by atoms with Crippen molar-refractivity contribution < 1.29 is 4.79 Å². The molecule has 28 heavy (non-hydrogen) atoms. The third kappa shape index (κ3) is 4.53. The van der Waals surface area contributed by atoms with Crippen LogP contribution in [0.25, 0.3) is 5.65 Å². The van der Waals surface area contributed by atoms with Gasteiger partial charge in [0.05, 0.1) is 28.3 Å². The summed E-state index contributed by atoms with van der Waals surface area (Å²) in [5, 5.41) is 19.0. The molecule has 10 heteroatoms. The van der Waals surface area contributed by atoms with E-state index in [2.05, 4.69) is 16.3 Å². The molecule has 0 atom stereocenters. The molecule has 0 fully saturated rings. The van der Waals surface area contributed by atoms with E-state index in [1.54, 1.807) is 33.7 Å². The first-order valence-corrected chi connectivity index (χ1v) is 10.3. The Hall–Kier alpha value is -1.98. The SMILES string of the molecule is Cc1cc(N(CCC#N)C(=O)CSc2nnc3c(Cl)cc(Cl)cn23)ccc1Cl. The van der Waals surface area contributed by atoms with E-state index < -0.39 is 0 Å². The lowest BCUT2D eigenvalue weighted by Gasteiger charge is -2.22. The number of anilines is 1. The van der Waals surface area contributed by atoms with E-state index in [1.807, 2.05) is 13.0 Å². The Bertz CT molecular complexity index is 1080. The van der Waals surface area contributed by atoms with Crippen LogP contribution in [0.15, 0.2) is 35.6 Å². The van der Waals surface area contributed by atoms with Gasteiger partial charge in [-0.15, -0.1) is 10.2 Å². The number of carbonyl (C=O) groups excluding carboxylic acids is 1. The van der Waals surface area contributed by atoms with Crippen molar-refractivity contribution in [1.29, 1.82) is 5.26 Å². The molecule has 2 heterocycles. The second-order valence-electron chi connectivity index (χ2n) is 5.86. The molecule has 1 aromatic carbocycles. The number of thioether (sulfide) groups is 1. The lowest BCUT2D eigenvalue weighted by Crippen LogP contribution is -2.33. The zero-order valence-corrected chi connectivity index (χ0v) is 17.8. The van der Waals surface area contributed by atoms with Crippen LogP contribution in [0.1, 0.15) is 12.0 Å². The number of nitrogens with zero attached hydrogens (tertiary/aromatic N) is 5. The van der Waals surface area contributed by atoms with Crippen LogP contribution >= 0.6 is 46.6 Å². The van der Waals surface area contributed by atoms with Crippen LogP contribution in [0.2, 0.25) is 15.1 Å². The molecule has 0 unspecified atom stereocenters. The number of rotatable bonds is 6. The lowest BCUT2D eigenvalue weighted by atomic mass is 10.2. The highest BCUT2D eigenvalue weighted by molar-refractivity contribution is 7.99. The summed E-state index contributed by atoms with van der Waals surface area (Å²) in [6.07, 6.45) is 1.86. The quantitative estimate of drug-likeness (QED) is 0.488. The van der Waals surface area contributed by atoms with Gasteiger partial charge in [-0.3, -0.25) is 9.20 Å². The van der Waals surface area contributed by atoms with Crippen molar-refractivity contribution in [2.75, 3.05) is 17.2 Å². The fourth-order valence-corrected chi connectivity index (χ4v) is 3.97. The van der Waals surface area contributed by atoms with E-state index in [1.165, 1.54) is 11.8 Å². The number of benzene rings is 1. The molecule has 0 spiro atoms. The standard InChI is InChI=1S/C18H14Cl3N5OS/c1-11-7-13(3-4-14(11)20)25(6-2-5-22)16(27)10-28-18-24-23-17-15(21)8-12(19)9-26(17)18/h3-4,7-9H,2,6,10H2,1H3. The summed E-state index contributed by atoms with van der Waals surface area (Å²) in [7, 11) is 0. The zero-order chi connectivity index (χ0) is 20.3. The number of pyridine rings is 1. The second kappa shape index (κ2) is 9.01. The zero-order valence-electron chi connectivity index (χ0n) is 14.7. The molecule has 0 radical (unpaired) electrons. The van der Waals surface area contributed by atoms with Crippen molar-refractivity contribution in [3.05, 3.63) is 51.1 Å².